The van der Waals surface area contributed by atoms with E-state index in [0.717, 1.165) is 15.6 Å². The first-order valence-electron chi connectivity index (χ1n) is 5.81. The standard InChI is InChI=1S/C13H17Br2NO2/c1-9(2)8-18-6-5-16-13(17)11-4-3-10(14)7-12(11)15/h3-4,7,9H,5-6,8H2,1-2H3,(H,16,17). The van der Waals surface area contributed by atoms with E-state index in [4.69, 9.17) is 4.74 Å². The molecular weight excluding hydrogens is 362 g/mol. The predicted octanol–water partition coefficient (Wildman–Crippen LogP) is 3.61. The van der Waals surface area contributed by atoms with Gasteiger partial charge in [-0.25, -0.2) is 0 Å². The van der Waals surface area contributed by atoms with Crippen LogP contribution >= 0.6 is 31.9 Å². The summed E-state index contributed by atoms with van der Waals surface area (Å²) < 4.78 is 7.11. The molecule has 1 aromatic carbocycles. The molecule has 0 spiro atoms. The van der Waals surface area contributed by atoms with Gasteiger partial charge in [-0.05, 0) is 40.0 Å². The first-order valence-corrected chi connectivity index (χ1v) is 7.40. The van der Waals surface area contributed by atoms with Crippen LogP contribution in [0.15, 0.2) is 27.1 Å². The summed E-state index contributed by atoms with van der Waals surface area (Å²) in [7, 11) is 0. The lowest BCUT2D eigenvalue weighted by Crippen LogP contribution is -2.27. The lowest BCUT2D eigenvalue weighted by molar-refractivity contribution is 0.0885. The molecule has 1 aromatic rings. The van der Waals surface area contributed by atoms with Gasteiger partial charge in [0.25, 0.3) is 5.91 Å². The molecule has 5 heteroatoms. The van der Waals surface area contributed by atoms with Crippen LogP contribution in [0.25, 0.3) is 0 Å². The Balaban J connectivity index is 2.36. The fraction of sp³-hybridized carbons (Fsp3) is 0.462. The molecule has 100 valence electrons. The van der Waals surface area contributed by atoms with E-state index in [9.17, 15) is 4.79 Å². The summed E-state index contributed by atoms with van der Waals surface area (Å²) in [6, 6.07) is 5.47. The van der Waals surface area contributed by atoms with E-state index < -0.39 is 0 Å². The molecule has 0 saturated heterocycles. The second kappa shape index (κ2) is 7.92. The van der Waals surface area contributed by atoms with Crippen LogP contribution in [0.4, 0.5) is 0 Å². The number of rotatable bonds is 6. The van der Waals surface area contributed by atoms with E-state index in [-0.39, 0.29) is 5.91 Å². The van der Waals surface area contributed by atoms with Crippen molar-refractivity contribution in [1.29, 1.82) is 0 Å². The number of ether oxygens (including phenoxy) is 1. The van der Waals surface area contributed by atoms with Gasteiger partial charge in [-0.15, -0.1) is 0 Å². The summed E-state index contributed by atoms with van der Waals surface area (Å²) in [6.45, 7) is 5.97. The number of hydrogen-bond donors (Lipinski definition) is 1. The van der Waals surface area contributed by atoms with Gasteiger partial charge in [0.05, 0.1) is 12.2 Å². The highest BCUT2D eigenvalue weighted by molar-refractivity contribution is 9.11. The molecule has 0 unspecified atom stereocenters. The number of amides is 1. The molecule has 0 saturated carbocycles. The Morgan fingerprint density at radius 2 is 2.11 bits per heavy atom. The van der Waals surface area contributed by atoms with E-state index >= 15 is 0 Å². The molecule has 0 aliphatic carbocycles. The van der Waals surface area contributed by atoms with E-state index in [1.165, 1.54) is 0 Å². The largest absolute Gasteiger partial charge is 0.379 e. The number of halogens is 2. The first kappa shape index (κ1) is 15.7. The van der Waals surface area contributed by atoms with E-state index in [0.29, 0.717) is 24.6 Å². The molecule has 18 heavy (non-hydrogen) atoms. The van der Waals surface area contributed by atoms with Gasteiger partial charge in [0.15, 0.2) is 0 Å². The number of nitrogens with one attached hydrogen (secondary N) is 1. The van der Waals surface area contributed by atoms with Crippen LogP contribution in [0, 0.1) is 5.92 Å². The zero-order valence-electron chi connectivity index (χ0n) is 10.5. The van der Waals surface area contributed by atoms with Crippen LogP contribution in [0.3, 0.4) is 0 Å². The number of hydrogen-bond acceptors (Lipinski definition) is 2. The van der Waals surface area contributed by atoms with E-state index in [1.54, 1.807) is 6.07 Å². The smallest absolute Gasteiger partial charge is 0.252 e. The Bertz CT molecular complexity index is 408. The Hall–Kier alpha value is -0.390. The highest BCUT2D eigenvalue weighted by Crippen LogP contribution is 2.21. The van der Waals surface area contributed by atoms with Crippen LogP contribution < -0.4 is 5.32 Å². The van der Waals surface area contributed by atoms with Gasteiger partial charge in [-0.2, -0.15) is 0 Å². The van der Waals surface area contributed by atoms with Gasteiger partial charge in [0, 0.05) is 22.1 Å². The van der Waals surface area contributed by atoms with Gasteiger partial charge in [0.2, 0.25) is 0 Å². The summed E-state index contributed by atoms with van der Waals surface area (Å²) in [4.78, 5) is 11.9. The quantitative estimate of drug-likeness (QED) is 0.768. The lowest BCUT2D eigenvalue weighted by Gasteiger charge is -2.09. The normalized spacial score (nSPS) is 10.7. The topological polar surface area (TPSA) is 38.3 Å². The minimum Gasteiger partial charge on any atom is -0.379 e. The third-order valence-corrected chi connectivity index (χ3v) is 3.31. The molecule has 0 bridgehead atoms. The minimum atomic E-state index is -0.0949. The van der Waals surface area contributed by atoms with Gasteiger partial charge in [-0.1, -0.05) is 29.8 Å². The maximum Gasteiger partial charge on any atom is 0.252 e. The summed E-state index contributed by atoms with van der Waals surface area (Å²) in [5.74, 6) is 0.420. The molecule has 0 heterocycles. The summed E-state index contributed by atoms with van der Waals surface area (Å²) in [5.41, 5.74) is 0.627. The number of benzene rings is 1. The zero-order chi connectivity index (χ0) is 13.5. The maximum absolute atomic E-state index is 11.9. The Kier molecular flexibility index (Phi) is 6.89. The molecule has 0 aliphatic rings. The molecule has 0 aromatic heterocycles. The average Bonchev–Trinajstić information content (AvgIpc) is 2.27. The Labute approximate surface area is 125 Å². The molecule has 1 N–H and O–H groups in total. The number of carbonyl (C=O) groups excluding carboxylic acids is 1. The van der Waals surface area contributed by atoms with Crippen LogP contribution in [0.5, 0.6) is 0 Å². The van der Waals surface area contributed by atoms with Crippen molar-refractivity contribution >= 4 is 37.8 Å². The van der Waals surface area contributed by atoms with Gasteiger partial charge >= 0.3 is 0 Å². The number of carbonyl (C=O) groups is 1. The van der Waals surface area contributed by atoms with Crippen LogP contribution in [0.1, 0.15) is 24.2 Å². The maximum atomic E-state index is 11.9. The van der Waals surface area contributed by atoms with Gasteiger partial charge in [0.1, 0.15) is 0 Å². The monoisotopic (exact) mass is 377 g/mol. The van der Waals surface area contributed by atoms with Gasteiger partial charge in [-0.3, -0.25) is 4.79 Å². The van der Waals surface area contributed by atoms with E-state index in [1.807, 2.05) is 12.1 Å². The van der Waals surface area contributed by atoms with Crippen molar-refractivity contribution in [3.05, 3.63) is 32.7 Å². The Morgan fingerprint density at radius 1 is 1.39 bits per heavy atom. The summed E-state index contributed by atoms with van der Waals surface area (Å²) in [6.07, 6.45) is 0. The molecule has 0 aliphatic heterocycles. The summed E-state index contributed by atoms with van der Waals surface area (Å²) >= 11 is 6.72. The van der Waals surface area contributed by atoms with Crippen LogP contribution in [0.2, 0.25) is 0 Å². The van der Waals surface area contributed by atoms with Crippen molar-refractivity contribution in [3.8, 4) is 0 Å². The Morgan fingerprint density at radius 3 is 2.72 bits per heavy atom. The molecule has 0 atom stereocenters. The summed E-state index contributed by atoms with van der Waals surface area (Å²) in [5, 5.41) is 2.82. The third kappa shape index (κ3) is 5.50. The van der Waals surface area contributed by atoms with Crippen LogP contribution in [-0.4, -0.2) is 25.7 Å². The van der Waals surface area contributed by atoms with Crippen LogP contribution in [-0.2, 0) is 4.74 Å². The third-order valence-electron chi connectivity index (χ3n) is 2.16. The SMILES string of the molecule is CC(C)COCCNC(=O)c1ccc(Br)cc1Br. The predicted molar refractivity (Wildman–Crippen MR) is 79.8 cm³/mol. The van der Waals surface area contributed by atoms with Crippen molar-refractivity contribution in [1.82, 2.24) is 5.32 Å². The minimum absolute atomic E-state index is 0.0949. The molecule has 1 rings (SSSR count). The van der Waals surface area contributed by atoms with Crippen molar-refractivity contribution in [2.24, 2.45) is 5.92 Å². The van der Waals surface area contributed by atoms with Crippen molar-refractivity contribution in [2.75, 3.05) is 19.8 Å². The highest BCUT2D eigenvalue weighted by atomic mass is 79.9. The second-order valence-corrected chi connectivity index (χ2v) is 6.12. The zero-order valence-corrected chi connectivity index (χ0v) is 13.7. The first-order chi connectivity index (χ1) is 8.50. The van der Waals surface area contributed by atoms with Gasteiger partial charge < -0.3 is 10.1 Å². The second-order valence-electron chi connectivity index (χ2n) is 4.35. The highest BCUT2D eigenvalue weighted by Gasteiger charge is 2.09. The molecule has 0 fully saturated rings. The molecule has 1 amide bonds. The van der Waals surface area contributed by atoms with Crippen molar-refractivity contribution in [3.63, 3.8) is 0 Å². The van der Waals surface area contributed by atoms with Crippen molar-refractivity contribution < 1.29 is 9.53 Å². The molecule has 3 nitrogen and oxygen atoms in total. The molecule has 0 radical (unpaired) electrons. The molecular formula is C13H17Br2NO2. The fourth-order valence-electron chi connectivity index (χ4n) is 1.32. The lowest BCUT2D eigenvalue weighted by atomic mass is 10.2. The fourth-order valence-corrected chi connectivity index (χ4v) is 2.55. The van der Waals surface area contributed by atoms with E-state index in [2.05, 4.69) is 51.0 Å². The average molecular weight is 379 g/mol. The van der Waals surface area contributed by atoms with Crippen molar-refractivity contribution in [2.45, 2.75) is 13.8 Å².